The van der Waals surface area contributed by atoms with Crippen LogP contribution in [0.4, 0.5) is 0 Å². The normalized spacial score (nSPS) is 26.3. The van der Waals surface area contributed by atoms with Crippen LogP contribution in [0.1, 0.15) is 23.3 Å². The van der Waals surface area contributed by atoms with Gasteiger partial charge in [0.15, 0.2) is 6.10 Å². The fourth-order valence-corrected chi connectivity index (χ4v) is 3.14. The van der Waals surface area contributed by atoms with Gasteiger partial charge in [-0.25, -0.2) is 0 Å². The van der Waals surface area contributed by atoms with Gasteiger partial charge in [-0.2, -0.15) is 0 Å². The zero-order valence-corrected chi connectivity index (χ0v) is 13.7. The largest absolute Gasteiger partial charge is 0.476 e. The molecule has 1 heterocycles. The number of aliphatic hydroxyl groups excluding tert-OH is 1. The summed E-state index contributed by atoms with van der Waals surface area (Å²) in [6.07, 6.45) is -2.79. The topological polar surface area (TPSA) is 72.6 Å². The molecule has 0 bridgehead atoms. The van der Waals surface area contributed by atoms with Crippen LogP contribution >= 0.6 is 34.8 Å². The first-order chi connectivity index (χ1) is 10.8. The van der Waals surface area contributed by atoms with Crippen molar-refractivity contribution in [1.82, 2.24) is 0 Å². The number of halogens is 3. The lowest BCUT2D eigenvalue weighted by Crippen LogP contribution is -2.49. The SMILES string of the molecule is O=[N+]([O-])[C@]1(Cl)[C@@H](O)c2cc(Cl)ccc2O[C@H]1c1ccc(Cl)cc1. The first-order valence-corrected chi connectivity index (χ1v) is 7.70. The van der Waals surface area contributed by atoms with Gasteiger partial charge in [0.05, 0.1) is 4.92 Å². The minimum absolute atomic E-state index is 0.175. The van der Waals surface area contributed by atoms with Gasteiger partial charge in [0.2, 0.25) is 6.10 Å². The molecule has 0 aromatic heterocycles. The van der Waals surface area contributed by atoms with Crippen LogP contribution in [0.5, 0.6) is 5.75 Å². The number of fused-ring (bicyclic) bond motifs is 1. The predicted molar refractivity (Wildman–Crippen MR) is 86.8 cm³/mol. The van der Waals surface area contributed by atoms with Crippen LogP contribution in [0.3, 0.4) is 0 Å². The van der Waals surface area contributed by atoms with E-state index in [-0.39, 0.29) is 5.56 Å². The van der Waals surface area contributed by atoms with Gasteiger partial charge in [0.1, 0.15) is 5.75 Å². The average Bonchev–Trinajstić information content (AvgIpc) is 2.52. The molecule has 1 N–H and O–H groups in total. The highest BCUT2D eigenvalue weighted by molar-refractivity contribution is 6.31. The van der Waals surface area contributed by atoms with Crippen LogP contribution in [-0.4, -0.2) is 15.0 Å². The second kappa shape index (κ2) is 5.83. The van der Waals surface area contributed by atoms with Gasteiger partial charge >= 0.3 is 5.00 Å². The van der Waals surface area contributed by atoms with Gasteiger partial charge in [-0.15, -0.1) is 0 Å². The molecule has 23 heavy (non-hydrogen) atoms. The molecule has 120 valence electrons. The van der Waals surface area contributed by atoms with Crippen LogP contribution < -0.4 is 4.74 Å². The van der Waals surface area contributed by atoms with Crippen LogP contribution in [-0.2, 0) is 0 Å². The Hall–Kier alpha value is -1.53. The fourth-order valence-electron chi connectivity index (χ4n) is 2.55. The van der Waals surface area contributed by atoms with Crippen molar-refractivity contribution in [2.24, 2.45) is 0 Å². The van der Waals surface area contributed by atoms with E-state index in [1.807, 2.05) is 0 Å². The van der Waals surface area contributed by atoms with Gasteiger partial charge in [0, 0.05) is 21.2 Å². The molecule has 5 nitrogen and oxygen atoms in total. The van der Waals surface area contributed by atoms with E-state index >= 15 is 0 Å². The first-order valence-electron chi connectivity index (χ1n) is 6.57. The third kappa shape index (κ3) is 2.64. The molecule has 2 aromatic rings. The minimum atomic E-state index is -2.29. The molecule has 3 atom stereocenters. The predicted octanol–water partition coefficient (Wildman–Crippen LogP) is 4.37. The second-order valence-corrected chi connectivity index (χ2v) is 6.60. The van der Waals surface area contributed by atoms with E-state index in [4.69, 9.17) is 39.5 Å². The van der Waals surface area contributed by atoms with Crippen molar-refractivity contribution in [1.29, 1.82) is 0 Å². The van der Waals surface area contributed by atoms with Crippen LogP contribution in [0.2, 0.25) is 10.0 Å². The Bertz CT molecular complexity index is 768. The maximum Gasteiger partial charge on any atom is 0.364 e. The number of ether oxygens (including phenoxy) is 1. The molecule has 0 unspecified atom stereocenters. The number of nitro groups is 1. The average molecular weight is 375 g/mol. The van der Waals surface area contributed by atoms with Crippen molar-refractivity contribution in [3.8, 4) is 5.75 Å². The summed E-state index contributed by atoms with van der Waals surface area (Å²) in [5.74, 6) is 0.292. The molecule has 0 aliphatic carbocycles. The molecule has 1 aliphatic heterocycles. The Morgan fingerprint density at radius 1 is 1.13 bits per heavy atom. The molecule has 0 fully saturated rings. The van der Waals surface area contributed by atoms with Crippen LogP contribution in [0.25, 0.3) is 0 Å². The second-order valence-electron chi connectivity index (χ2n) is 5.12. The molecule has 0 saturated carbocycles. The summed E-state index contributed by atoms with van der Waals surface area (Å²) in [6, 6.07) is 10.8. The molecule has 0 saturated heterocycles. The number of alkyl halides is 1. The summed E-state index contributed by atoms with van der Waals surface area (Å²) in [5, 5.41) is 22.9. The van der Waals surface area contributed by atoms with Gasteiger partial charge in [-0.1, -0.05) is 35.3 Å². The third-order valence-corrected chi connectivity index (χ3v) is 4.75. The van der Waals surface area contributed by atoms with Crippen molar-refractivity contribution in [3.63, 3.8) is 0 Å². The quantitative estimate of drug-likeness (QED) is 0.366. The fraction of sp³-hybridized carbons (Fsp3) is 0.200. The number of benzene rings is 2. The molecule has 0 amide bonds. The Morgan fingerprint density at radius 3 is 2.35 bits per heavy atom. The van der Waals surface area contributed by atoms with Crippen molar-refractivity contribution in [3.05, 3.63) is 73.8 Å². The summed E-state index contributed by atoms with van der Waals surface area (Å²) < 4.78 is 5.72. The summed E-state index contributed by atoms with van der Waals surface area (Å²) in [5.41, 5.74) is 0.607. The van der Waals surface area contributed by atoms with Gasteiger partial charge in [-0.05, 0) is 41.9 Å². The third-order valence-electron chi connectivity index (χ3n) is 3.72. The highest BCUT2D eigenvalue weighted by Gasteiger charge is 2.61. The Kier molecular flexibility index (Phi) is 4.14. The van der Waals surface area contributed by atoms with Crippen molar-refractivity contribution in [2.45, 2.75) is 17.2 Å². The van der Waals surface area contributed by atoms with E-state index < -0.39 is 22.1 Å². The summed E-state index contributed by atoms with van der Waals surface area (Å²) in [6.45, 7) is 0. The standard InChI is InChI=1S/C15H10Cl3NO4/c16-9-3-1-8(2-4-9)14-15(18,19(21)22)13(20)11-7-10(17)5-6-12(11)23-14/h1-7,13-14,20H/t13-,14-,15+/m0/s1. The van der Waals surface area contributed by atoms with Gasteiger partial charge < -0.3 is 9.84 Å². The number of rotatable bonds is 2. The Labute approximate surface area is 146 Å². The zero-order chi connectivity index (χ0) is 16.8. The van der Waals surface area contributed by atoms with Crippen molar-refractivity contribution in [2.75, 3.05) is 0 Å². The molecular formula is C15H10Cl3NO4. The van der Waals surface area contributed by atoms with Gasteiger partial charge in [0.25, 0.3) is 0 Å². The number of aliphatic hydroxyl groups is 1. The van der Waals surface area contributed by atoms with Gasteiger partial charge in [-0.3, -0.25) is 10.1 Å². The molecule has 2 aromatic carbocycles. The highest BCUT2D eigenvalue weighted by atomic mass is 35.5. The van der Waals surface area contributed by atoms with E-state index in [0.717, 1.165) is 0 Å². The highest BCUT2D eigenvalue weighted by Crippen LogP contribution is 2.51. The van der Waals surface area contributed by atoms with E-state index in [9.17, 15) is 15.2 Å². The van der Waals surface area contributed by atoms with Crippen LogP contribution in [0, 0.1) is 10.1 Å². The Morgan fingerprint density at radius 2 is 1.74 bits per heavy atom. The van der Waals surface area contributed by atoms with E-state index in [1.165, 1.54) is 6.07 Å². The minimum Gasteiger partial charge on any atom is -0.476 e. The molecule has 8 heteroatoms. The molecule has 3 rings (SSSR count). The lowest BCUT2D eigenvalue weighted by molar-refractivity contribution is -0.570. The van der Waals surface area contributed by atoms with Crippen molar-refractivity contribution < 1.29 is 14.8 Å². The number of nitrogens with zero attached hydrogens (tertiary/aromatic N) is 1. The maximum atomic E-state index is 11.6. The lowest BCUT2D eigenvalue weighted by Gasteiger charge is -2.37. The monoisotopic (exact) mass is 373 g/mol. The first kappa shape index (κ1) is 16.3. The number of hydrogen-bond acceptors (Lipinski definition) is 4. The van der Waals surface area contributed by atoms with E-state index in [1.54, 1.807) is 36.4 Å². The Balaban J connectivity index is 2.16. The molecule has 0 radical (unpaired) electrons. The lowest BCUT2D eigenvalue weighted by atomic mass is 9.90. The van der Waals surface area contributed by atoms with Crippen LogP contribution in [0.15, 0.2) is 42.5 Å². The van der Waals surface area contributed by atoms with E-state index in [2.05, 4.69) is 0 Å². The summed E-state index contributed by atoms with van der Waals surface area (Å²) in [7, 11) is 0. The van der Waals surface area contributed by atoms with E-state index in [0.29, 0.717) is 21.4 Å². The molecule has 1 aliphatic rings. The van der Waals surface area contributed by atoms with Crippen molar-refractivity contribution >= 4 is 34.8 Å². The number of hydrogen-bond donors (Lipinski definition) is 1. The molecule has 0 spiro atoms. The summed E-state index contributed by atoms with van der Waals surface area (Å²) in [4.78, 5) is 8.57. The molecular weight excluding hydrogens is 365 g/mol. The summed E-state index contributed by atoms with van der Waals surface area (Å²) >= 11 is 18.0. The zero-order valence-electron chi connectivity index (χ0n) is 11.4. The smallest absolute Gasteiger partial charge is 0.364 e. The maximum absolute atomic E-state index is 11.6.